The van der Waals surface area contributed by atoms with Gasteiger partial charge in [0.05, 0.1) is 31.0 Å². The van der Waals surface area contributed by atoms with Crippen LogP contribution in [-0.2, 0) is 0 Å². The van der Waals surface area contributed by atoms with Crippen LogP contribution in [0.5, 0.6) is 11.5 Å². The van der Waals surface area contributed by atoms with Crippen molar-refractivity contribution in [2.45, 2.75) is 4.90 Å². The summed E-state index contributed by atoms with van der Waals surface area (Å²) in [5, 5.41) is 19.7. The van der Waals surface area contributed by atoms with Crippen molar-refractivity contribution in [2.75, 3.05) is 26.2 Å². The van der Waals surface area contributed by atoms with E-state index < -0.39 is 0 Å². The predicted octanol–water partition coefficient (Wildman–Crippen LogP) is 5.09. The fourth-order valence-electron chi connectivity index (χ4n) is 3.26. The number of rotatable bonds is 5. The van der Waals surface area contributed by atoms with Crippen molar-refractivity contribution >= 4 is 17.4 Å². The van der Waals surface area contributed by atoms with Gasteiger partial charge in [-0.2, -0.15) is 10.5 Å². The van der Waals surface area contributed by atoms with Crippen LogP contribution in [-0.4, -0.2) is 20.5 Å². The maximum atomic E-state index is 9.91. The summed E-state index contributed by atoms with van der Waals surface area (Å²) < 4.78 is 10.5. The number of nitrogens with zero attached hydrogens (tertiary/aromatic N) is 2. The number of methoxy groups -OCH3 is 2. The highest BCUT2D eigenvalue weighted by Crippen LogP contribution is 2.46. The molecule has 5 nitrogen and oxygen atoms in total. The van der Waals surface area contributed by atoms with E-state index in [1.165, 1.54) is 11.8 Å². The van der Waals surface area contributed by atoms with Gasteiger partial charge in [0.25, 0.3) is 0 Å². The van der Waals surface area contributed by atoms with Gasteiger partial charge >= 0.3 is 0 Å². The third-order valence-corrected chi connectivity index (χ3v) is 5.49. The summed E-state index contributed by atoms with van der Waals surface area (Å²) in [6.45, 7) is 0. The van der Waals surface area contributed by atoms with Crippen molar-refractivity contribution in [3.63, 3.8) is 0 Å². The summed E-state index contributed by atoms with van der Waals surface area (Å²) in [6.07, 6.45) is 1.90. The van der Waals surface area contributed by atoms with Crippen LogP contribution in [0.1, 0.15) is 11.1 Å². The lowest BCUT2D eigenvalue weighted by Gasteiger charge is -2.20. The Hall–Kier alpha value is -3.61. The van der Waals surface area contributed by atoms with Crippen LogP contribution in [0.4, 0.5) is 5.69 Å². The quantitative estimate of drug-likeness (QED) is 0.473. The highest BCUT2D eigenvalue weighted by atomic mass is 32.2. The van der Waals surface area contributed by atoms with Crippen molar-refractivity contribution in [1.82, 2.24) is 0 Å². The summed E-state index contributed by atoms with van der Waals surface area (Å²) in [5.41, 5.74) is 10.2. The van der Waals surface area contributed by atoms with E-state index in [1.54, 1.807) is 14.2 Å². The number of benzene rings is 3. The normalized spacial score (nSPS) is 10.1. The van der Waals surface area contributed by atoms with E-state index in [9.17, 15) is 10.5 Å². The second kappa shape index (κ2) is 8.60. The second-order valence-corrected chi connectivity index (χ2v) is 6.94. The monoisotopic (exact) mass is 401 g/mol. The topological polar surface area (TPSA) is 92.1 Å². The number of hydrogen-bond acceptors (Lipinski definition) is 6. The van der Waals surface area contributed by atoms with Crippen LogP contribution in [0.25, 0.3) is 22.3 Å². The van der Waals surface area contributed by atoms with Crippen LogP contribution in [0.2, 0.25) is 0 Å². The molecule has 6 heteroatoms. The number of hydrogen-bond donors (Lipinski definition) is 1. The Labute approximate surface area is 174 Å². The molecule has 0 aromatic heterocycles. The largest absolute Gasteiger partial charge is 0.497 e. The van der Waals surface area contributed by atoms with Crippen LogP contribution in [0, 0.1) is 22.7 Å². The molecule has 3 aromatic rings. The molecular weight excluding hydrogens is 382 g/mol. The molecule has 0 aliphatic heterocycles. The number of nitrogen functional groups attached to an aromatic ring is 1. The lowest BCUT2D eigenvalue weighted by Crippen LogP contribution is -2.03. The van der Waals surface area contributed by atoms with E-state index in [1.807, 2.05) is 54.8 Å². The molecule has 0 fully saturated rings. The fourth-order valence-corrected chi connectivity index (χ4v) is 4.04. The molecule has 0 spiro atoms. The van der Waals surface area contributed by atoms with Gasteiger partial charge in [0.15, 0.2) is 0 Å². The zero-order chi connectivity index (χ0) is 21.0. The third-order valence-electron chi connectivity index (χ3n) is 4.68. The SMILES string of the molecule is COc1ccc(-c2c(C#N)c(N)c(C#N)c(SC)c2-c2ccc(OC)cc2)cc1. The van der Waals surface area contributed by atoms with Crippen molar-refractivity contribution < 1.29 is 9.47 Å². The summed E-state index contributed by atoms with van der Waals surface area (Å²) in [6, 6.07) is 19.4. The predicted molar refractivity (Wildman–Crippen MR) is 116 cm³/mol. The van der Waals surface area contributed by atoms with E-state index >= 15 is 0 Å². The van der Waals surface area contributed by atoms with Crippen LogP contribution in [0.3, 0.4) is 0 Å². The molecule has 0 saturated carbocycles. The molecule has 0 aliphatic rings. The Balaban J connectivity index is 2.44. The Kier molecular flexibility index (Phi) is 5.97. The van der Waals surface area contributed by atoms with E-state index in [-0.39, 0.29) is 11.3 Å². The molecular formula is C23H19N3O2S. The average molecular weight is 401 g/mol. The minimum Gasteiger partial charge on any atom is -0.497 e. The third kappa shape index (κ3) is 3.59. The standard InChI is InChI=1S/C23H19N3O2S/c1-27-16-8-4-14(5-9-16)20-18(12-24)22(26)19(13-25)23(29-3)21(20)15-6-10-17(28-2)11-7-15/h4-11H,26H2,1-3H3. The number of thioether (sulfide) groups is 1. The molecule has 0 radical (unpaired) electrons. The molecule has 144 valence electrons. The Morgan fingerprint density at radius 1 is 0.759 bits per heavy atom. The van der Waals surface area contributed by atoms with Gasteiger partial charge in [-0.3, -0.25) is 0 Å². The van der Waals surface area contributed by atoms with Gasteiger partial charge in [-0.1, -0.05) is 24.3 Å². The highest BCUT2D eigenvalue weighted by molar-refractivity contribution is 7.98. The lowest BCUT2D eigenvalue weighted by molar-refractivity contribution is 0.414. The molecule has 2 N–H and O–H groups in total. The summed E-state index contributed by atoms with van der Waals surface area (Å²) in [5.74, 6) is 1.44. The first-order chi connectivity index (χ1) is 14.1. The average Bonchev–Trinajstić information content (AvgIpc) is 2.78. The van der Waals surface area contributed by atoms with E-state index in [0.29, 0.717) is 16.9 Å². The molecule has 29 heavy (non-hydrogen) atoms. The smallest absolute Gasteiger partial charge is 0.118 e. The van der Waals surface area contributed by atoms with Crippen molar-refractivity contribution in [1.29, 1.82) is 10.5 Å². The van der Waals surface area contributed by atoms with Gasteiger partial charge in [-0.25, -0.2) is 0 Å². The molecule has 0 saturated heterocycles. The van der Waals surface area contributed by atoms with Gasteiger partial charge in [0.2, 0.25) is 0 Å². The molecule has 0 bridgehead atoms. The number of nitrogens with two attached hydrogens (primary N) is 1. The first-order valence-corrected chi connectivity index (χ1v) is 9.94. The zero-order valence-electron chi connectivity index (χ0n) is 16.3. The van der Waals surface area contributed by atoms with Crippen LogP contribution < -0.4 is 15.2 Å². The summed E-state index contributed by atoms with van der Waals surface area (Å²) in [7, 11) is 3.21. The number of nitriles is 2. The van der Waals surface area contributed by atoms with Gasteiger partial charge in [0, 0.05) is 16.0 Å². The Morgan fingerprint density at radius 3 is 1.59 bits per heavy atom. The fraction of sp³-hybridized carbons (Fsp3) is 0.130. The van der Waals surface area contributed by atoms with E-state index in [4.69, 9.17) is 15.2 Å². The molecule has 0 atom stereocenters. The van der Waals surface area contributed by atoms with Crippen molar-refractivity contribution in [3.05, 3.63) is 59.7 Å². The number of anilines is 1. The van der Waals surface area contributed by atoms with Crippen LogP contribution in [0.15, 0.2) is 53.4 Å². The van der Waals surface area contributed by atoms with Gasteiger partial charge in [0.1, 0.15) is 23.6 Å². The molecule has 0 heterocycles. The van der Waals surface area contributed by atoms with E-state index in [0.717, 1.165) is 27.3 Å². The van der Waals surface area contributed by atoms with Crippen LogP contribution >= 0.6 is 11.8 Å². The molecule has 3 rings (SSSR count). The van der Waals surface area contributed by atoms with Crippen molar-refractivity contribution in [2.24, 2.45) is 0 Å². The first-order valence-electron chi connectivity index (χ1n) is 8.72. The maximum Gasteiger partial charge on any atom is 0.118 e. The van der Waals surface area contributed by atoms with Gasteiger partial charge < -0.3 is 15.2 Å². The molecule has 0 aliphatic carbocycles. The highest BCUT2D eigenvalue weighted by Gasteiger charge is 2.24. The molecule has 0 unspecified atom stereocenters. The number of ether oxygens (including phenoxy) is 2. The van der Waals surface area contributed by atoms with E-state index in [2.05, 4.69) is 12.1 Å². The van der Waals surface area contributed by atoms with Gasteiger partial charge in [-0.15, -0.1) is 11.8 Å². The minimum absolute atomic E-state index is 0.197. The first kappa shape index (κ1) is 20.1. The Morgan fingerprint density at radius 2 is 1.21 bits per heavy atom. The minimum atomic E-state index is 0.197. The van der Waals surface area contributed by atoms with Gasteiger partial charge in [-0.05, 0) is 41.6 Å². The lowest BCUT2D eigenvalue weighted by atomic mass is 9.87. The summed E-state index contributed by atoms with van der Waals surface area (Å²) >= 11 is 1.43. The molecule has 3 aromatic carbocycles. The summed E-state index contributed by atoms with van der Waals surface area (Å²) in [4.78, 5) is 0.736. The Bertz CT molecular complexity index is 1130. The maximum absolute atomic E-state index is 9.91. The zero-order valence-corrected chi connectivity index (χ0v) is 17.1. The molecule has 0 amide bonds. The second-order valence-electron chi connectivity index (χ2n) is 6.13. The van der Waals surface area contributed by atoms with Crippen molar-refractivity contribution in [3.8, 4) is 45.9 Å².